The van der Waals surface area contributed by atoms with Crippen LogP contribution in [-0.2, 0) is 16.1 Å². The third-order valence-corrected chi connectivity index (χ3v) is 3.91. The third kappa shape index (κ3) is 4.35. The van der Waals surface area contributed by atoms with Crippen LogP contribution in [0.2, 0.25) is 0 Å². The maximum Gasteiger partial charge on any atom is 0.308 e. The number of aromatic nitrogens is 3. The van der Waals surface area contributed by atoms with E-state index in [2.05, 4.69) is 10.3 Å². The molecule has 0 aliphatic carbocycles. The zero-order valence-corrected chi connectivity index (χ0v) is 14.6. The summed E-state index contributed by atoms with van der Waals surface area (Å²) in [7, 11) is 1.50. The molecule has 0 unspecified atom stereocenters. The molecule has 0 aliphatic heterocycles. The number of rotatable bonds is 7. The average molecular weight is 367 g/mol. The number of hydrogen-bond donors (Lipinski definition) is 0. The summed E-state index contributed by atoms with van der Waals surface area (Å²) in [6, 6.07) is 13.4. The Morgan fingerprint density at radius 1 is 1.11 bits per heavy atom. The second kappa shape index (κ2) is 8.22. The van der Waals surface area contributed by atoms with Crippen LogP contribution in [0, 0.1) is 0 Å². The Hall–Kier alpha value is -3.55. The van der Waals surface area contributed by atoms with Gasteiger partial charge in [-0.25, -0.2) is 4.68 Å². The van der Waals surface area contributed by atoms with E-state index >= 15 is 0 Å². The van der Waals surface area contributed by atoms with Crippen LogP contribution in [0.4, 0.5) is 0 Å². The fourth-order valence-electron chi connectivity index (χ4n) is 2.47. The molecular formula is C19H17N3O5. The normalized spacial score (nSPS) is 10.6. The topological polar surface area (TPSA) is 100 Å². The average Bonchev–Trinajstić information content (AvgIpc) is 2.71. The second-order valence-electron chi connectivity index (χ2n) is 5.70. The molecule has 0 N–H and O–H groups in total. The van der Waals surface area contributed by atoms with Crippen molar-refractivity contribution in [1.82, 2.24) is 15.0 Å². The Morgan fingerprint density at radius 3 is 2.74 bits per heavy atom. The van der Waals surface area contributed by atoms with Crippen molar-refractivity contribution in [3.63, 3.8) is 0 Å². The number of ketones is 1. The van der Waals surface area contributed by atoms with Gasteiger partial charge in [0.05, 0.1) is 25.5 Å². The monoisotopic (exact) mass is 367 g/mol. The maximum absolute atomic E-state index is 12.3. The molecule has 1 heterocycles. The van der Waals surface area contributed by atoms with Gasteiger partial charge in [0.2, 0.25) is 0 Å². The molecule has 0 spiro atoms. The van der Waals surface area contributed by atoms with Gasteiger partial charge in [-0.05, 0) is 24.3 Å². The van der Waals surface area contributed by atoms with Gasteiger partial charge in [-0.2, -0.15) is 0 Å². The van der Waals surface area contributed by atoms with E-state index in [0.29, 0.717) is 22.2 Å². The predicted molar refractivity (Wildman–Crippen MR) is 96.7 cm³/mol. The first-order valence-electron chi connectivity index (χ1n) is 8.24. The minimum Gasteiger partial charge on any atom is -0.497 e. The SMILES string of the molecule is COc1cccc(C(=O)COC(=O)CCn2nnc3ccccc3c2=O)c1. The Morgan fingerprint density at radius 2 is 1.93 bits per heavy atom. The smallest absolute Gasteiger partial charge is 0.308 e. The molecule has 0 radical (unpaired) electrons. The first-order chi connectivity index (χ1) is 13.1. The summed E-state index contributed by atoms with van der Waals surface area (Å²) in [5.41, 5.74) is 0.546. The van der Waals surface area contributed by atoms with Gasteiger partial charge in [-0.15, -0.1) is 5.10 Å². The first kappa shape index (κ1) is 18.2. The molecule has 3 aromatic rings. The van der Waals surface area contributed by atoms with Gasteiger partial charge >= 0.3 is 5.97 Å². The number of nitrogens with zero attached hydrogens (tertiary/aromatic N) is 3. The number of hydrogen-bond acceptors (Lipinski definition) is 7. The van der Waals surface area contributed by atoms with Crippen molar-refractivity contribution in [2.45, 2.75) is 13.0 Å². The molecule has 0 bridgehead atoms. The van der Waals surface area contributed by atoms with Gasteiger partial charge in [0.1, 0.15) is 11.3 Å². The van der Waals surface area contributed by atoms with Gasteiger partial charge in [0.15, 0.2) is 12.4 Å². The number of carbonyl (C=O) groups is 2. The van der Waals surface area contributed by atoms with Crippen LogP contribution < -0.4 is 10.3 Å². The molecule has 27 heavy (non-hydrogen) atoms. The van der Waals surface area contributed by atoms with Crippen molar-refractivity contribution in [3.05, 3.63) is 64.4 Å². The van der Waals surface area contributed by atoms with Gasteiger partial charge in [0, 0.05) is 5.56 Å². The first-order valence-corrected chi connectivity index (χ1v) is 8.24. The molecule has 8 heteroatoms. The lowest BCUT2D eigenvalue weighted by Gasteiger charge is -2.07. The van der Waals surface area contributed by atoms with Gasteiger partial charge in [-0.1, -0.05) is 29.5 Å². The molecule has 138 valence electrons. The minimum absolute atomic E-state index is 0.0167. The zero-order chi connectivity index (χ0) is 19.2. The molecule has 1 aromatic heterocycles. The number of carbonyl (C=O) groups excluding carboxylic acids is 2. The van der Waals surface area contributed by atoms with Gasteiger partial charge in [-0.3, -0.25) is 14.4 Å². The predicted octanol–water partition coefficient (Wildman–Crippen LogP) is 1.62. The number of benzene rings is 2. The number of Topliss-reactive ketones (excluding diaryl/α,β-unsaturated/α-hetero) is 1. The van der Waals surface area contributed by atoms with E-state index in [-0.39, 0.29) is 30.9 Å². The molecule has 0 aliphatic rings. The van der Waals surface area contributed by atoms with Crippen molar-refractivity contribution in [1.29, 1.82) is 0 Å². The van der Waals surface area contributed by atoms with Crippen LogP contribution in [0.5, 0.6) is 5.75 Å². The number of esters is 1. The summed E-state index contributed by atoms with van der Waals surface area (Å²) >= 11 is 0. The number of methoxy groups -OCH3 is 1. The van der Waals surface area contributed by atoms with E-state index < -0.39 is 5.97 Å². The van der Waals surface area contributed by atoms with E-state index in [1.54, 1.807) is 48.5 Å². The van der Waals surface area contributed by atoms with Crippen molar-refractivity contribution >= 4 is 22.7 Å². The molecule has 0 saturated carbocycles. The highest BCUT2D eigenvalue weighted by molar-refractivity contribution is 5.98. The summed E-state index contributed by atoms with van der Waals surface area (Å²) in [5, 5.41) is 8.18. The summed E-state index contributed by atoms with van der Waals surface area (Å²) in [4.78, 5) is 36.3. The highest BCUT2D eigenvalue weighted by atomic mass is 16.5. The third-order valence-electron chi connectivity index (χ3n) is 3.91. The Balaban J connectivity index is 1.56. The molecule has 8 nitrogen and oxygen atoms in total. The number of ether oxygens (including phenoxy) is 2. The van der Waals surface area contributed by atoms with Crippen LogP contribution in [-0.4, -0.2) is 40.5 Å². The van der Waals surface area contributed by atoms with Crippen LogP contribution in [0.15, 0.2) is 53.3 Å². The minimum atomic E-state index is -0.604. The highest BCUT2D eigenvalue weighted by Crippen LogP contribution is 2.13. The highest BCUT2D eigenvalue weighted by Gasteiger charge is 2.12. The Bertz CT molecular complexity index is 1040. The van der Waals surface area contributed by atoms with Gasteiger partial charge < -0.3 is 9.47 Å². The molecule has 0 fully saturated rings. The lowest BCUT2D eigenvalue weighted by molar-refractivity contribution is -0.142. The Labute approximate surface area is 154 Å². The van der Waals surface area contributed by atoms with Crippen LogP contribution in [0.3, 0.4) is 0 Å². The lowest BCUT2D eigenvalue weighted by atomic mass is 10.1. The summed E-state index contributed by atoms with van der Waals surface area (Å²) in [6.45, 7) is -0.368. The Kier molecular flexibility index (Phi) is 5.55. The number of aryl methyl sites for hydroxylation is 1. The van der Waals surface area contributed by atoms with E-state index in [9.17, 15) is 14.4 Å². The molecule has 0 amide bonds. The van der Waals surface area contributed by atoms with Crippen LogP contribution in [0.25, 0.3) is 10.9 Å². The van der Waals surface area contributed by atoms with Crippen LogP contribution in [0.1, 0.15) is 16.8 Å². The van der Waals surface area contributed by atoms with E-state index in [1.807, 2.05) is 0 Å². The second-order valence-corrected chi connectivity index (χ2v) is 5.70. The molecular weight excluding hydrogens is 350 g/mol. The lowest BCUT2D eigenvalue weighted by Crippen LogP contribution is -2.26. The molecule has 3 rings (SSSR count). The summed E-state index contributed by atoms with van der Waals surface area (Å²) in [5.74, 6) is -0.403. The number of fused-ring (bicyclic) bond motifs is 1. The molecule has 0 atom stereocenters. The van der Waals surface area contributed by atoms with Crippen molar-refractivity contribution in [2.24, 2.45) is 0 Å². The van der Waals surface area contributed by atoms with E-state index in [4.69, 9.17) is 9.47 Å². The van der Waals surface area contributed by atoms with Crippen molar-refractivity contribution in [3.8, 4) is 5.75 Å². The fourth-order valence-corrected chi connectivity index (χ4v) is 2.47. The molecule has 0 saturated heterocycles. The van der Waals surface area contributed by atoms with E-state index in [1.165, 1.54) is 7.11 Å². The maximum atomic E-state index is 12.3. The standard InChI is InChI=1S/C19H17N3O5/c1-26-14-6-4-5-13(11-14)17(23)12-27-18(24)9-10-22-19(25)15-7-2-3-8-16(15)20-21-22/h2-8,11H,9-10,12H2,1H3. The zero-order valence-electron chi connectivity index (χ0n) is 14.6. The van der Waals surface area contributed by atoms with Gasteiger partial charge in [0.25, 0.3) is 5.56 Å². The van der Waals surface area contributed by atoms with Crippen molar-refractivity contribution in [2.75, 3.05) is 13.7 Å². The summed E-state index contributed by atoms with van der Waals surface area (Å²) < 4.78 is 11.1. The van der Waals surface area contributed by atoms with E-state index in [0.717, 1.165) is 4.68 Å². The van der Waals surface area contributed by atoms with Crippen LogP contribution >= 0.6 is 0 Å². The quantitative estimate of drug-likeness (QED) is 0.462. The summed E-state index contributed by atoms with van der Waals surface area (Å²) in [6.07, 6.45) is -0.0989. The van der Waals surface area contributed by atoms with Crippen molar-refractivity contribution < 1.29 is 19.1 Å². The molecule has 2 aromatic carbocycles. The largest absolute Gasteiger partial charge is 0.497 e. The fraction of sp³-hybridized carbons (Fsp3) is 0.211.